The number of rotatable bonds is 2. The van der Waals surface area contributed by atoms with E-state index in [-0.39, 0.29) is 11.0 Å². The zero-order chi connectivity index (χ0) is 13.2. The number of hydrogen-bond donors (Lipinski definition) is 2. The first-order valence-corrected chi connectivity index (χ1v) is 5.76. The van der Waals surface area contributed by atoms with Gasteiger partial charge in [0, 0.05) is 11.1 Å². The second-order valence-electron chi connectivity index (χ2n) is 5.09. The Balaban J connectivity index is 2.28. The summed E-state index contributed by atoms with van der Waals surface area (Å²) in [6, 6.07) is 9.49. The molecule has 0 unspecified atom stereocenters. The van der Waals surface area contributed by atoms with Gasteiger partial charge in [-0.05, 0) is 12.1 Å². The lowest BCUT2D eigenvalue weighted by atomic mass is 9.93. The number of hydrogen-bond acceptors (Lipinski definition) is 4. The Kier molecular flexibility index (Phi) is 3.14. The average molecular weight is 244 g/mol. The average Bonchev–Trinajstić information content (AvgIpc) is 2.28. The summed E-state index contributed by atoms with van der Waals surface area (Å²) in [5.74, 6) is 0.346. The third kappa shape index (κ3) is 2.74. The molecule has 1 heterocycles. The maximum Gasteiger partial charge on any atom is 0.274 e. The molecule has 18 heavy (non-hydrogen) atoms. The first kappa shape index (κ1) is 12.3. The summed E-state index contributed by atoms with van der Waals surface area (Å²) in [5.41, 5.74) is 0.759. The van der Waals surface area contributed by atoms with Gasteiger partial charge in [-0.15, -0.1) is 10.2 Å². The number of anilines is 2. The smallest absolute Gasteiger partial charge is 0.274 e. The molecule has 1 aromatic carbocycles. The molecule has 0 saturated carbocycles. The Morgan fingerprint density at radius 3 is 2.33 bits per heavy atom. The Bertz CT molecular complexity index is 584. The van der Waals surface area contributed by atoms with Crippen molar-refractivity contribution < 1.29 is 0 Å². The number of benzene rings is 1. The van der Waals surface area contributed by atoms with Crippen molar-refractivity contribution >= 4 is 11.6 Å². The van der Waals surface area contributed by atoms with Crippen LogP contribution in [0.2, 0.25) is 0 Å². The van der Waals surface area contributed by atoms with Crippen LogP contribution in [0, 0.1) is 0 Å². The summed E-state index contributed by atoms with van der Waals surface area (Å²) in [4.78, 5) is 14.6. The molecule has 0 aliphatic rings. The Morgan fingerprint density at radius 1 is 1.11 bits per heavy atom. The molecule has 0 aliphatic carbocycles. The van der Waals surface area contributed by atoms with Gasteiger partial charge >= 0.3 is 0 Å². The van der Waals surface area contributed by atoms with Gasteiger partial charge in [-0.25, -0.2) is 0 Å². The second-order valence-corrected chi connectivity index (χ2v) is 5.09. The quantitative estimate of drug-likeness (QED) is 0.849. The fourth-order valence-electron chi connectivity index (χ4n) is 1.54. The van der Waals surface area contributed by atoms with Gasteiger partial charge < -0.3 is 5.32 Å². The second kappa shape index (κ2) is 4.60. The Labute approximate surface area is 105 Å². The van der Waals surface area contributed by atoms with E-state index in [2.05, 4.69) is 20.5 Å². The summed E-state index contributed by atoms with van der Waals surface area (Å²) >= 11 is 0. The van der Waals surface area contributed by atoms with Crippen LogP contribution in [0.15, 0.2) is 35.1 Å². The van der Waals surface area contributed by atoms with Crippen molar-refractivity contribution in [3.05, 3.63) is 46.4 Å². The summed E-state index contributed by atoms with van der Waals surface area (Å²) in [6.07, 6.45) is 0. The zero-order valence-electron chi connectivity index (χ0n) is 10.7. The molecule has 2 rings (SSSR count). The highest BCUT2D eigenvalue weighted by atomic mass is 16.1. The van der Waals surface area contributed by atoms with Gasteiger partial charge in [-0.3, -0.25) is 9.78 Å². The third-order valence-electron chi connectivity index (χ3n) is 2.44. The van der Waals surface area contributed by atoms with Gasteiger partial charge in [0.2, 0.25) is 5.95 Å². The van der Waals surface area contributed by atoms with E-state index in [4.69, 9.17) is 0 Å². The van der Waals surface area contributed by atoms with Gasteiger partial charge in [0.15, 0.2) is 0 Å². The maximum atomic E-state index is 11.9. The van der Waals surface area contributed by atoms with Crippen molar-refractivity contribution in [2.24, 2.45) is 0 Å². The maximum absolute atomic E-state index is 11.9. The molecule has 0 aliphatic heterocycles. The summed E-state index contributed by atoms with van der Waals surface area (Å²) in [6.45, 7) is 5.78. The number of H-pyrrole nitrogens is 1. The van der Waals surface area contributed by atoms with Gasteiger partial charge in [-0.2, -0.15) is 0 Å². The summed E-state index contributed by atoms with van der Waals surface area (Å²) in [5, 5.41) is 11.0. The number of nitrogens with one attached hydrogen (secondary N) is 2. The van der Waals surface area contributed by atoms with Gasteiger partial charge in [0.25, 0.3) is 5.56 Å². The molecule has 5 heteroatoms. The predicted molar refractivity (Wildman–Crippen MR) is 71.1 cm³/mol. The summed E-state index contributed by atoms with van der Waals surface area (Å²) < 4.78 is 0. The Morgan fingerprint density at radius 2 is 1.78 bits per heavy atom. The van der Waals surface area contributed by atoms with Crippen molar-refractivity contribution in [2.75, 3.05) is 5.32 Å². The van der Waals surface area contributed by atoms with E-state index in [0.29, 0.717) is 11.6 Å². The molecule has 0 fully saturated rings. The van der Waals surface area contributed by atoms with Crippen molar-refractivity contribution in [3.8, 4) is 0 Å². The molecule has 2 N–H and O–H groups in total. The lowest BCUT2D eigenvalue weighted by Gasteiger charge is -2.15. The number of aromatic nitrogens is 3. The molecule has 5 nitrogen and oxygen atoms in total. The van der Waals surface area contributed by atoms with E-state index < -0.39 is 0 Å². The van der Waals surface area contributed by atoms with Crippen LogP contribution in [0.25, 0.3) is 0 Å². The van der Waals surface area contributed by atoms with Crippen LogP contribution in [0.3, 0.4) is 0 Å². The molecule has 0 bridgehead atoms. The van der Waals surface area contributed by atoms with Crippen LogP contribution in [-0.4, -0.2) is 15.2 Å². The van der Waals surface area contributed by atoms with Crippen molar-refractivity contribution in [2.45, 2.75) is 26.2 Å². The van der Waals surface area contributed by atoms with Gasteiger partial charge in [0.05, 0.1) is 0 Å². The fourth-order valence-corrected chi connectivity index (χ4v) is 1.54. The number of aromatic amines is 1. The van der Waals surface area contributed by atoms with E-state index in [1.54, 1.807) is 0 Å². The van der Waals surface area contributed by atoms with Gasteiger partial charge in [0.1, 0.15) is 5.69 Å². The first-order chi connectivity index (χ1) is 8.47. The fraction of sp³-hybridized carbons (Fsp3) is 0.308. The van der Waals surface area contributed by atoms with E-state index in [9.17, 15) is 4.79 Å². The van der Waals surface area contributed by atoms with Crippen LogP contribution < -0.4 is 10.9 Å². The molecule has 1 aromatic heterocycles. The predicted octanol–water partition coefficient (Wildman–Crippen LogP) is 2.21. The first-order valence-electron chi connectivity index (χ1n) is 5.76. The highest BCUT2D eigenvalue weighted by molar-refractivity contribution is 5.51. The lowest BCUT2D eigenvalue weighted by Crippen LogP contribution is -2.28. The van der Waals surface area contributed by atoms with Crippen LogP contribution in [0.5, 0.6) is 0 Å². The molecule has 0 spiro atoms. The minimum Gasteiger partial charge on any atom is -0.324 e. The normalized spacial score (nSPS) is 11.3. The number of para-hydroxylation sites is 1. The van der Waals surface area contributed by atoms with Crippen molar-refractivity contribution in [1.82, 2.24) is 15.2 Å². The Hall–Kier alpha value is -2.17. The molecule has 94 valence electrons. The molecule has 0 atom stereocenters. The molecular formula is C13H16N4O. The molecular weight excluding hydrogens is 228 g/mol. The van der Waals surface area contributed by atoms with E-state index in [1.165, 1.54) is 0 Å². The zero-order valence-corrected chi connectivity index (χ0v) is 10.7. The molecule has 0 saturated heterocycles. The van der Waals surface area contributed by atoms with E-state index >= 15 is 0 Å². The largest absolute Gasteiger partial charge is 0.324 e. The van der Waals surface area contributed by atoms with Gasteiger partial charge in [-0.1, -0.05) is 39.0 Å². The summed E-state index contributed by atoms with van der Waals surface area (Å²) in [7, 11) is 0. The highest BCUT2D eigenvalue weighted by Gasteiger charge is 2.20. The topological polar surface area (TPSA) is 70.7 Å². The molecule has 0 amide bonds. The third-order valence-corrected chi connectivity index (χ3v) is 2.44. The standard InChI is InChI=1S/C13H16N4O/c1-13(2,3)10-11(18)15-12(17-16-10)14-9-7-5-4-6-8-9/h4-8H,1-3H3,(H2,14,15,17,18). The van der Waals surface area contributed by atoms with Crippen molar-refractivity contribution in [3.63, 3.8) is 0 Å². The highest BCUT2D eigenvalue weighted by Crippen LogP contribution is 2.16. The van der Waals surface area contributed by atoms with Crippen LogP contribution in [-0.2, 0) is 5.41 Å². The molecule has 0 radical (unpaired) electrons. The monoisotopic (exact) mass is 244 g/mol. The number of nitrogens with zero attached hydrogens (tertiary/aromatic N) is 2. The molecule has 2 aromatic rings. The van der Waals surface area contributed by atoms with Crippen LogP contribution in [0.1, 0.15) is 26.5 Å². The van der Waals surface area contributed by atoms with E-state index in [0.717, 1.165) is 5.69 Å². The minimum absolute atomic E-state index is 0.212. The SMILES string of the molecule is CC(C)(C)c1nnc(Nc2ccccc2)[nH]c1=O. The van der Waals surface area contributed by atoms with E-state index in [1.807, 2.05) is 51.1 Å². The van der Waals surface area contributed by atoms with Crippen molar-refractivity contribution in [1.29, 1.82) is 0 Å². The minimum atomic E-state index is -0.314. The van der Waals surface area contributed by atoms with Crippen LogP contribution in [0.4, 0.5) is 11.6 Å². The lowest BCUT2D eigenvalue weighted by molar-refractivity contribution is 0.547. The van der Waals surface area contributed by atoms with Crippen LogP contribution >= 0.6 is 0 Å².